The van der Waals surface area contributed by atoms with Crippen molar-refractivity contribution in [3.05, 3.63) is 24.0 Å². The maximum absolute atomic E-state index is 11.4. The van der Waals surface area contributed by atoms with Crippen LogP contribution >= 0.6 is 0 Å². The highest BCUT2D eigenvalue weighted by atomic mass is 16.5. The van der Waals surface area contributed by atoms with Crippen LogP contribution in [0, 0.1) is 0 Å². The van der Waals surface area contributed by atoms with Gasteiger partial charge in [0.2, 0.25) is 0 Å². The molecule has 0 unspecified atom stereocenters. The second kappa shape index (κ2) is 5.69. The Labute approximate surface area is 92.3 Å². The molecule has 0 aliphatic rings. The summed E-state index contributed by atoms with van der Waals surface area (Å²) in [6.07, 6.45) is 2.50. The SMILES string of the molecule is CCOC(=O)CNC(=O)c1cncc(O)c1. The third-order valence-corrected chi connectivity index (χ3v) is 1.68. The van der Waals surface area contributed by atoms with Crippen LogP contribution in [0.4, 0.5) is 0 Å². The zero-order valence-electron chi connectivity index (χ0n) is 8.77. The molecule has 0 fully saturated rings. The molecule has 16 heavy (non-hydrogen) atoms. The van der Waals surface area contributed by atoms with E-state index in [4.69, 9.17) is 5.11 Å². The number of hydrogen-bond donors (Lipinski definition) is 2. The number of amides is 1. The first-order valence-electron chi connectivity index (χ1n) is 4.71. The molecular formula is C10H12N2O4. The van der Waals surface area contributed by atoms with Gasteiger partial charge in [0.25, 0.3) is 5.91 Å². The molecule has 0 aliphatic heterocycles. The van der Waals surface area contributed by atoms with Crippen molar-refractivity contribution in [1.29, 1.82) is 0 Å². The molecule has 0 atom stereocenters. The Hall–Kier alpha value is -2.11. The molecule has 1 amide bonds. The average molecular weight is 224 g/mol. The minimum Gasteiger partial charge on any atom is -0.506 e. The van der Waals surface area contributed by atoms with E-state index in [0.717, 1.165) is 0 Å². The van der Waals surface area contributed by atoms with Crippen molar-refractivity contribution in [2.24, 2.45) is 0 Å². The van der Waals surface area contributed by atoms with Crippen molar-refractivity contribution in [2.45, 2.75) is 6.92 Å². The third-order valence-electron chi connectivity index (χ3n) is 1.68. The lowest BCUT2D eigenvalue weighted by Gasteiger charge is -2.04. The topological polar surface area (TPSA) is 88.5 Å². The number of esters is 1. The number of ether oxygens (including phenoxy) is 1. The van der Waals surface area contributed by atoms with Crippen molar-refractivity contribution in [1.82, 2.24) is 10.3 Å². The van der Waals surface area contributed by atoms with Gasteiger partial charge in [-0.3, -0.25) is 14.6 Å². The molecule has 0 saturated carbocycles. The molecule has 6 nitrogen and oxygen atoms in total. The number of aromatic hydroxyl groups is 1. The second-order valence-electron chi connectivity index (χ2n) is 2.92. The largest absolute Gasteiger partial charge is 0.506 e. The average Bonchev–Trinajstić information content (AvgIpc) is 2.26. The van der Waals surface area contributed by atoms with Crippen LogP contribution in [0.1, 0.15) is 17.3 Å². The molecule has 0 spiro atoms. The van der Waals surface area contributed by atoms with Gasteiger partial charge in [0.05, 0.1) is 18.4 Å². The summed E-state index contributed by atoms with van der Waals surface area (Å²) in [5.74, 6) is -1.11. The molecule has 6 heteroatoms. The summed E-state index contributed by atoms with van der Waals surface area (Å²) in [6, 6.07) is 1.26. The monoisotopic (exact) mass is 224 g/mol. The Balaban J connectivity index is 2.50. The highest BCUT2D eigenvalue weighted by Gasteiger charge is 2.09. The van der Waals surface area contributed by atoms with E-state index in [-0.39, 0.29) is 24.5 Å². The minimum absolute atomic E-state index is 0.108. The molecule has 1 aromatic rings. The smallest absolute Gasteiger partial charge is 0.325 e. The van der Waals surface area contributed by atoms with Crippen LogP contribution in [-0.2, 0) is 9.53 Å². The van der Waals surface area contributed by atoms with Gasteiger partial charge in [0.15, 0.2) is 0 Å². The summed E-state index contributed by atoms with van der Waals surface area (Å²) in [7, 11) is 0. The van der Waals surface area contributed by atoms with Crippen LogP contribution in [0.15, 0.2) is 18.5 Å². The third kappa shape index (κ3) is 3.56. The standard InChI is InChI=1S/C10H12N2O4/c1-2-16-9(14)6-12-10(15)7-3-8(13)5-11-4-7/h3-5,13H,2,6H2,1H3,(H,12,15). The summed E-state index contributed by atoms with van der Waals surface area (Å²) in [5, 5.41) is 11.4. The molecule has 0 radical (unpaired) electrons. The summed E-state index contributed by atoms with van der Waals surface area (Å²) < 4.78 is 4.63. The molecule has 2 N–H and O–H groups in total. The number of carbonyl (C=O) groups excluding carboxylic acids is 2. The number of nitrogens with zero attached hydrogens (tertiary/aromatic N) is 1. The molecule has 0 aromatic carbocycles. The van der Waals surface area contributed by atoms with E-state index in [2.05, 4.69) is 15.0 Å². The molecule has 1 rings (SSSR count). The van der Waals surface area contributed by atoms with Crippen molar-refractivity contribution < 1.29 is 19.4 Å². The Morgan fingerprint density at radius 1 is 1.50 bits per heavy atom. The predicted molar refractivity (Wildman–Crippen MR) is 54.9 cm³/mol. The fraction of sp³-hybridized carbons (Fsp3) is 0.300. The number of nitrogens with one attached hydrogen (secondary N) is 1. The van der Waals surface area contributed by atoms with E-state index in [1.165, 1.54) is 18.5 Å². The quantitative estimate of drug-likeness (QED) is 0.707. The van der Waals surface area contributed by atoms with Gasteiger partial charge < -0.3 is 15.2 Å². The molecular weight excluding hydrogens is 212 g/mol. The van der Waals surface area contributed by atoms with Crippen molar-refractivity contribution in [3.8, 4) is 5.75 Å². The number of aromatic nitrogens is 1. The highest BCUT2D eigenvalue weighted by Crippen LogP contribution is 2.07. The van der Waals surface area contributed by atoms with Gasteiger partial charge in [-0.15, -0.1) is 0 Å². The van der Waals surface area contributed by atoms with Crippen LogP contribution in [0.25, 0.3) is 0 Å². The van der Waals surface area contributed by atoms with Gasteiger partial charge in [-0.2, -0.15) is 0 Å². The van der Waals surface area contributed by atoms with Crippen LogP contribution in [-0.4, -0.2) is 35.1 Å². The molecule has 0 saturated heterocycles. The number of rotatable bonds is 4. The molecule has 86 valence electrons. The van der Waals surface area contributed by atoms with E-state index < -0.39 is 11.9 Å². The molecule has 1 heterocycles. The van der Waals surface area contributed by atoms with E-state index in [1.807, 2.05) is 0 Å². The number of pyridine rings is 1. The Bertz CT molecular complexity index is 392. The lowest BCUT2D eigenvalue weighted by molar-refractivity contribution is -0.141. The van der Waals surface area contributed by atoms with E-state index in [0.29, 0.717) is 0 Å². The van der Waals surface area contributed by atoms with Gasteiger partial charge in [-0.25, -0.2) is 0 Å². The van der Waals surface area contributed by atoms with Gasteiger partial charge in [-0.05, 0) is 13.0 Å². The van der Waals surface area contributed by atoms with Crippen LogP contribution in [0.5, 0.6) is 5.75 Å². The van der Waals surface area contributed by atoms with Crippen LogP contribution < -0.4 is 5.32 Å². The van der Waals surface area contributed by atoms with Gasteiger partial charge in [0, 0.05) is 6.20 Å². The first-order chi connectivity index (χ1) is 7.63. The van der Waals surface area contributed by atoms with Crippen molar-refractivity contribution >= 4 is 11.9 Å². The maximum Gasteiger partial charge on any atom is 0.325 e. The second-order valence-corrected chi connectivity index (χ2v) is 2.92. The molecule has 0 bridgehead atoms. The Kier molecular flexibility index (Phi) is 4.26. The zero-order chi connectivity index (χ0) is 12.0. The fourth-order valence-electron chi connectivity index (χ4n) is 1.02. The normalized spacial score (nSPS) is 9.56. The molecule has 1 aromatic heterocycles. The van der Waals surface area contributed by atoms with Gasteiger partial charge >= 0.3 is 5.97 Å². The Morgan fingerprint density at radius 3 is 2.88 bits per heavy atom. The van der Waals surface area contributed by atoms with Crippen molar-refractivity contribution in [3.63, 3.8) is 0 Å². The summed E-state index contributed by atoms with van der Waals surface area (Å²) in [4.78, 5) is 26.0. The van der Waals surface area contributed by atoms with Crippen molar-refractivity contribution in [2.75, 3.05) is 13.2 Å². The summed E-state index contributed by atoms with van der Waals surface area (Å²) >= 11 is 0. The lowest BCUT2D eigenvalue weighted by atomic mass is 10.2. The lowest BCUT2D eigenvalue weighted by Crippen LogP contribution is -2.30. The number of hydrogen-bond acceptors (Lipinski definition) is 5. The first kappa shape index (κ1) is 12.0. The van der Waals surface area contributed by atoms with E-state index >= 15 is 0 Å². The predicted octanol–water partition coefficient (Wildman–Crippen LogP) is 0.0801. The minimum atomic E-state index is -0.510. The van der Waals surface area contributed by atoms with Crippen LogP contribution in [0.2, 0.25) is 0 Å². The highest BCUT2D eigenvalue weighted by molar-refractivity contribution is 5.95. The summed E-state index contributed by atoms with van der Waals surface area (Å²) in [6.45, 7) is 1.74. The van der Waals surface area contributed by atoms with Crippen LogP contribution in [0.3, 0.4) is 0 Å². The maximum atomic E-state index is 11.4. The first-order valence-corrected chi connectivity index (χ1v) is 4.71. The molecule has 0 aliphatic carbocycles. The van der Waals surface area contributed by atoms with Gasteiger partial charge in [-0.1, -0.05) is 0 Å². The summed E-state index contributed by atoms with van der Waals surface area (Å²) in [5.41, 5.74) is 0.185. The fourth-order valence-corrected chi connectivity index (χ4v) is 1.02. The zero-order valence-corrected chi connectivity index (χ0v) is 8.77. The van der Waals surface area contributed by atoms with Gasteiger partial charge in [0.1, 0.15) is 12.3 Å². The van der Waals surface area contributed by atoms with E-state index in [1.54, 1.807) is 6.92 Å². The Morgan fingerprint density at radius 2 is 2.25 bits per heavy atom. The van der Waals surface area contributed by atoms with E-state index in [9.17, 15) is 9.59 Å². The number of carbonyl (C=O) groups is 2.